The average Bonchev–Trinajstić information content (AvgIpc) is 2.15. The van der Waals surface area contributed by atoms with E-state index in [1.807, 2.05) is 0 Å². The number of aliphatic hydroxyl groups excluding tert-OH is 1. The molecule has 2 unspecified atom stereocenters. The molecule has 1 rings (SSSR count). The van der Waals surface area contributed by atoms with Crippen molar-refractivity contribution >= 4 is 0 Å². The van der Waals surface area contributed by atoms with Gasteiger partial charge >= 0.3 is 0 Å². The summed E-state index contributed by atoms with van der Waals surface area (Å²) in [7, 11) is 0. The van der Waals surface area contributed by atoms with Crippen LogP contribution in [0.2, 0.25) is 0 Å². The van der Waals surface area contributed by atoms with Gasteiger partial charge in [0.2, 0.25) is 0 Å². The summed E-state index contributed by atoms with van der Waals surface area (Å²) in [5, 5.41) is 12.3. The van der Waals surface area contributed by atoms with Crippen LogP contribution in [-0.4, -0.2) is 24.8 Å². The van der Waals surface area contributed by atoms with Crippen molar-refractivity contribution in [2.24, 2.45) is 11.8 Å². The molecule has 0 spiro atoms. The predicted octanol–water partition coefficient (Wildman–Crippen LogP) is 1.39. The van der Waals surface area contributed by atoms with Crippen molar-refractivity contribution in [3.63, 3.8) is 0 Å². The molecule has 1 aliphatic heterocycles. The molecule has 0 aromatic heterocycles. The normalized spacial score (nSPS) is 27.0. The fourth-order valence-corrected chi connectivity index (χ4v) is 2.22. The van der Waals surface area contributed by atoms with Gasteiger partial charge in [-0.3, -0.25) is 0 Å². The molecule has 0 aromatic carbocycles. The third kappa shape index (κ3) is 2.76. The number of aliphatic hydroxyl groups is 1. The lowest BCUT2D eigenvalue weighted by Crippen LogP contribution is -2.34. The minimum Gasteiger partial charge on any atom is -0.396 e. The molecule has 1 aliphatic rings. The van der Waals surface area contributed by atoms with Gasteiger partial charge in [0.1, 0.15) is 0 Å². The third-order valence-electron chi connectivity index (χ3n) is 3.03. The quantitative estimate of drug-likeness (QED) is 0.670. The first-order valence-corrected chi connectivity index (χ1v) is 5.20. The maximum absolute atomic E-state index is 8.88. The van der Waals surface area contributed by atoms with Crippen LogP contribution in [0.25, 0.3) is 0 Å². The van der Waals surface area contributed by atoms with E-state index >= 15 is 0 Å². The van der Waals surface area contributed by atoms with Gasteiger partial charge in [-0.25, -0.2) is 0 Å². The zero-order valence-corrected chi connectivity index (χ0v) is 8.05. The van der Waals surface area contributed by atoms with Gasteiger partial charge in [0.25, 0.3) is 0 Å². The van der Waals surface area contributed by atoms with Gasteiger partial charge in [-0.15, -0.1) is 0 Å². The minimum atomic E-state index is 0.356. The lowest BCUT2D eigenvalue weighted by atomic mass is 9.83. The molecule has 0 saturated carbocycles. The Morgan fingerprint density at radius 1 is 1.58 bits per heavy atom. The summed E-state index contributed by atoms with van der Waals surface area (Å²) in [5.41, 5.74) is 0. The highest BCUT2D eigenvalue weighted by atomic mass is 16.3. The summed E-state index contributed by atoms with van der Waals surface area (Å²) >= 11 is 0. The molecule has 0 bridgehead atoms. The Morgan fingerprint density at radius 3 is 2.92 bits per heavy atom. The number of hydrogen-bond acceptors (Lipinski definition) is 2. The first-order chi connectivity index (χ1) is 5.88. The zero-order chi connectivity index (χ0) is 8.81. The molecule has 0 aliphatic carbocycles. The average molecular weight is 171 g/mol. The molecule has 2 heteroatoms. The lowest BCUT2D eigenvalue weighted by molar-refractivity contribution is 0.191. The second kappa shape index (κ2) is 5.55. The second-order valence-electron chi connectivity index (χ2n) is 3.79. The van der Waals surface area contributed by atoms with Crippen molar-refractivity contribution in [1.29, 1.82) is 0 Å². The highest BCUT2D eigenvalue weighted by Gasteiger charge is 2.21. The van der Waals surface area contributed by atoms with Gasteiger partial charge < -0.3 is 10.4 Å². The van der Waals surface area contributed by atoms with Gasteiger partial charge in [-0.2, -0.15) is 0 Å². The van der Waals surface area contributed by atoms with Crippen LogP contribution in [0.5, 0.6) is 0 Å². The summed E-state index contributed by atoms with van der Waals surface area (Å²) in [6.07, 6.45) is 4.87. The molecule has 72 valence electrons. The summed E-state index contributed by atoms with van der Waals surface area (Å²) in [4.78, 5) is 0. The van der Waals surface area contributed by atoms with Crippen LogP contribution in [0.4, 0.5) is 0 Å². The van der Waals surface area contributed by atoms with Crippen molar-refractivity contribution in [3.8, 4) is 0 Å². The van der Waals surface area contributed by atoms with E-state index in [0.717, 1.165) is 18.3 Å². The van der Waals surface area contributed by atoms with E-state index < -0.39 is 0 Å². The first kappa shape index (κ1) is 10.0. The van der Waals surface area contributed by atoms with Crippen LogP contribution >= 0.6 is 0 Å². The van der Waals surface area contributed by atoms with E-state index in [4.69, 9.17) is 5.11 Å². The monoisotopic (exact) mass is 171 g/mol. The van der Waals surface area contributed by atoms with Crippen molar-refractivity contribution in [2.45, 2.75) is 32.6 Å². The van der Waals surface area contributed by atoms with Crippen LogP contribution in [-0.2, 0) is 0 Å². The highest BCUT2D eigenvalue weighted by Crippen LogP contribution is 2.25. The lowest BCUT2D eigenvalue weighted by Gasteiger charge is -2.29. The van der Waals surface area contributed by atoms with Gasteiger partial charge in [-0.05, 0) is 44.2 Å². The SMILES string of the molecule is CCC(CCO)C1CCCNC1. The first-order valence-electron chi connectivity index (χ1n) is 5.20. The summed E-state index contributed by atoms with van der Waals surface area (Å²) in [6.45, 7) is 4.94. The van der Waals surface area contributed by atoms with Crippen molar-refractivity contribution in [2.75, 3.05) is 19.7 Å². The Labute approximate surface area is 75.4 Å². The van der Waals surface area contributed by atoms with Crippen molar-refractivity contribution in [1.82, 2.24) is 5.32 Å². The summed E-state index contributed by atoms with van der Waals surface area (Å²) < 4.78 is 0. The molecular formula is C10H21NO. The molecule has 0 radical (unpaired) electrons. The van der Waals surface area contributed by atoms with E-state index in [0.29, 0.717) is 6.61 Å². The van der Waals surface area contributed by atoms with Crippen LogP contribution < -0.4 is 5.32 Å². The fourth-order valence-electron chi connectivity index (χ4n) is 2.22. The fraction of sp³-hybridized carbons (Fsp3) is 1.00. The zero-order valence-electron chi connectivity index (χ0n) is 8.05. The topological polar surface area (TPSA) is 32.3 Å². The van der Waals surface area contributed by atoms with Gasteiger partial charge in [0.15, 0.2) is 0 Å². The maximum Gasteiger partial charge on any atom is 0.0433 e. The Kier molecular flexibility index (Phi) is 4.62. The Morgan fingerprint density at radius 2 is 2.42 bits per heavy atom. The smallest absolute Gasteiger partial charge is 0.0433 e. The number of nitrogens with one attached hydrogen (secondary N) is 1. The van der Waals surface area contributed by atoms with Crippen molar-refractivity contribution in [3.05, 3.63) is 0 Å². The number of rotatable bonds is 4. The largest absolute Gasteiger partial charge is 0.396 e. The van der Waals surface area contributed by atoms with Crippen LogP contribution in [0.15, 0.2) is 0 Å². The van der Waals surface area contributed by atoms with Crippen LogP contribution in [0.3, 0.4) is 0 Å². The molecule has 0 amide bonds. The molecule has 2 atom stereocenters. The van der Waals surface area contributed by atoms with Gasteiger partial charge in [0, 0.05) is 6.61 Å². The highest BCUT2D eigenvalue weighted by molar-refractivity contribution is 4.75. The predicted molar refractivity (Wildman–Crippen MR) is 51.1 cm³/mol. The molecule has 12 heavy (non-hydrogen) atoms. The Hall–Kier alpha value is -0.0800. The molecule has 2 nitrogen and oxygen atoms in total. The van der Waals surface area contributed by atoms with E-state index in [1.165, 1.54) is 32.4 Å². The van der Waals surface area contributed by atoms with E-state index in [9.17, 15) is 0 Å². The van der Waals surface area contributed by atoms with Crippen molar-refractivity contribution < 1.29 is 5.11 Å². The van der Waals surface area contributed by atoms with Crippen LogP contribution in [0, 0.1) is 11.8 Å². The standard InChI is InChI=1S/C10H21NO/c1-2-9(5-7-12)10-4-3-6-11-8-10/h9-12H,2-8H2,1H3. The molecular weight excluding hydrogens is 150 g/mol. The summed E-state index contributed by atoms with van der Waals surface area (Å²) in [6, 6.07) is 0. The van der Waals surface area contributed by atoms with Gasteiger partial charge in [-0.1, -0.05) is 13.3 Å². The number of piperidine rings is 1. The van der Waals surface area contributed by atoms with E-state index in [-0.39, 0.29) is 0 Å². The van der Waals surface area contributed by atoms with Gasteiger partial charge in [0.05, 0.1) is 0 Å². The third-order valence-corrected chi connectivity index (χ3v) is 3.03. The molecule has 1 heterocycles. The Bertz CT molecular complexity index is 108. The molecule has 2 N–H and O–H groups in total. The summed E-state index contributed by atoms with van der Waals surface area (Å²) in [5.74, 6) is 1.55. The number of hydrogen-bond donors (Lipinski definition) is 2. The van der Waals surface area contributed by atoms with E-state index in [1.54, 1.807) is 0 Å². The second-order valence-corrected chi connectivity index (χ2v) is 3.79. The Balaban J connectivity index is 2.29. The van der Waals surface area contributed by atoms with Crippen LogP contribution in [0.1, 0.15) is 32.6 Å². The minimum absolute atomic E-state index is 0.356. The maximum atomic E-state index is 8.88. The molecule has 0 aromatic rings. The molecule has 1 saturated heterocycles. The molecule has 1 fully saturated rings. The van der Waals surface area contributed by atoms with E-state index in [2.05, 4.69) is 12.2 Å².